The molecule has 1 heterocycles. The molecule has 78 valence electrons. The second kappa shape index (κ2) is 4.39. The molecule has 1 atom stereocenters. The number of hydrogen-bond acceptors (Lipinski definition) is 5. The van der Waals surface area contributed by atoms with E-state index < -0.39 is 4.92 Å². The molecule has 0 fully saturated rings. The molecule has 0 N–H and O–H groups in total. The molecule has 1 aliphatic heterocycles. The summed E-state index contributed by atoms with van der Waals surface area (Å²) in [7, 11) is 0. The summed E-state index contributed by atoms with van der Waals surface area (Å²) in [5.41, 5.74) is 0.950. The van der Waals surface area contributed by atoms with E-state index in [1.165, 1.54) is 6.07 Å². The van der Waals surface area contributed by atoms with Crippen molar-refractivity contribution in [1.29, 1.82) is 0 Å². The molecule has 0 saturated carbocycles. The Morgan fingerprint density at radius 2 is 2.40 bits per heavy atom. The van der Waals surface area contributed by atoms with Crippen LogP contribution in [0.1, 0.15) is 10.9 Å². The average Bonchev–Trinajstić information content (AvgIpc) is 2.30. The predicted octanol–water partition coefficient (Wildman–Crippen LogP) is 2.79. The second-order valence-corrected chi connectivity index (χ2v) is 4.24. The minimum Gasteiger partial charge on any atom is -0.258 e. The van der Waals surface area contributed by atoms with Crippen molar-refractivity contribution in [1.82, 2.24) is 0 Å². The predicted molar refractivity (Wildman–Crippen MR) is 58.0 cm³/mol. The normalized spacial score (nSPS) is 20.1. The summed E-state index contributed by atoms with van der Waals surface area (Å²) in [5, 5.41) is 18.5. The van der Waals surface area contributed by atoms with Gasteiger partial charge in [-0.3, -0.25) is 10.1 Å². The highest BCUT2D eigenvalue weighted by molar-refractivity contribution is 7.99. The highest BCUT2D eigenvalue weighted by atomic mass is 32.2. The van der Waals surface area contributed by atoms with Crippen LogP contribution in [0.25, 0.3) is 0 Å². The van der Waals surface area contributed by atoms with E-state index in [9.17, 15) is 10.1 Å². The SMILES string of the molecule is O=[N+]([O-])c1cccc(C2N=NCCS2)c1. The molecule has 0 aromatic heterocycles. The minimum atomic E-state index is -0.395. The lowest BCUT2D eigenvalue weighted by molar-refractivity contribution is -0.384. The van der Waals surface area contributed by atoms with Gasteiger partial charge < -0.3 is 0 Å². The van der Waals surface area contributed by atoms with E-state index in [0.717, 1.165) is 17.9 Å². The van der Waals surface area contributed by atoms with Crippen LogP contribution in [-0.4, -0.2) is 17.2 Å². The van der Waals surface area contributed by atoms with Crippen LogP contribution in [0.3, 0.4) is 0 Å². The lowest BCUT2D eigenvalue weighted by Crippen LogP contribution is -2.00. The van der Waals surface area contributed by atoms with Crippen LogP contribution in [0, 0.1) is 10.1 Å². The smallest absolute Gasteiger partial charge is 0.258 e. The minimum absolute atomic E-state index is 0.0846. The fourth-order valence-corrected chi connectivity index (χ4v) is 2.21. The number of rotatable bonds is 2. The first-order chi connectivity index (χ1) is 7.27. The Morgan fingerprint density at radius 1 is 1.53 bits per heavy atom. The number of nitro benzene ring substituents is 1. The van der Waals surface area contributed by atoms with Gasteiger partial charge in [-0.2, -0.15) is 10.2 Å². The third-order valence-electron chi connectivity index (χ3n) is 2.02. The number of azo groups is 1. The summed E-state index contributed by atoms with van der Waals surface area (Å²) in [4.78, 5) is 10.2. The summed E-state index contributed by atoms with van der Waals surface area (Å²) in [6, 6.07) is 6.56. The Balaban J connectivity index is 2.27. The van der Waals surface area contributed by atoms with Crippen molar-refractivity contribution in [2.75, 3.05) is 12.3 Å². The van der Waals surface area contributed by atoms with E-state index in [4.69, 9.17) is 0 Å². The molecule has 15 heavy (non-hydrogen) atoms. The van der Waals surface area contributed by atoms with E-state index in [-0.39, 0.29) is 11.1 Å². The van der Waals surface area contributed by atoms with Gasteiger partial charge in [0.25, 0.3) is 5.69 Å². The van der Waals surface area contributed by atoms with E-state index in [1.54, 1.807) is 23.9 Å². The van der Waals surface area contributed by atoms with Crippen molar-refractivity contribution in [3.8, 4) is 0 Å². The summed E-state index contributed by atoms with van der Waals surface area (Å²) < 4.78 is 0. The van der Waals surface area contributed by atoms with Crippen LogP contribution in [0.15, 0.2) is 34.5 Å². The van der Waals surface area contributed by atoms with Crippen molar-refractivity contribution in [2.24, 2.45) is 10.2 Å². The Labute approximate surface area is 90.7 Å². The van der Waals surface area contributed by atoms with Gasteiger partial charge in [-0.15, -0.1) is 11.8 Å². The zero-order valence-electron chi connectivity index (χ0n) is 7.87. The molecule has 0 aliphatic carbocycles. The Hall–Kier alpha value is -1.43. The molecule has 0 bridgehead atoms. The molecule has 0 amide bonds. The van der Waals surface area contributed by atoms with Crippen LogP contribution < -0.4 is 0 Å². The molecule has 1 aromatic rings. The van der Waals surface area contributed by atoms with Crippen LogP contribution >= 0.6 is 11.8 Å². The van der Waals surface area contributed by atoms with Crippen LogP contribution in [0.4, 0.5) is 5.69 Å². The first-order valence-electron chi connectivity index (χ1n) is 4.50. The quantitative estimate of drug-likeness (QED) is 0.571. The first-order valence-corrected chi connectivity index (χ1v) is 5.55. The van der Waals surface area contributed by atoms with Crippen LogP contribution in [0.5, 0.6) is 0 Å². The molecule has 1 aliphatic rings. The maximum Gasteiger partial charge on any atom is 0.269 e. The molecule has 6 heteroatoms. The molecule has 0 radical (unpaired) electrons. The van der Waals surface area contributed by atoms with Gasteiger partial charge in [0.05, 0.1) is 11.5 Å². The number of benzene rings is 1. The summed E-state index contributed by atoms with van der Waals surface area (Å²) in [6.45, 7) is 0.732. The summed E-state index contributed by atoms with van der Waals surface area (Å²) in [5.74, 6) is 0.914. The molecule has 1 aromatic carbocycles. The number of non-ortho nitro benzene ring substituents is 1. The number of nitro groups is 1. The van der Waals surface area contributed by atoms with Crippen molar-refractivity contribution >= 4 is 17.4 Å². The van der Waals surface area contributed by atoms with Crippen LogP contribution in [0.2, 0.25) is 0 Å². The highest BCUT2D eigenvalue weighted by Crippen LogP contribution is 2.34. The van der Waals surface area contributed by atoms with Crippen molar-refractivity contribution in [3.63, 3.8) is 0 Å². The van der Waals surface area contributed by atoms with Crippen LogP contribution in [-0.2, 0) is 0 Å². The Morgan fingerprint density at radius 3 is 3.07 bits per heavy atom. The molecular formula is C9H9N3O2S. The molecular weight excluding hydrogens is 214 g/mol. The lowest BCUT2D eigenvalue weighted by atomic mass is 10.2. The lowest BCUT2D eigenvalue weighted by Gasteiger charge is -2.13. The maximum absolute atomic E-state index is 10.6. The molecule has 1 unspecified atom stereocenters. The third-order valence-corrected chi connectivity index (χ3v) is 3.12. The van der Waals surface area contributed by atoms with Gasteiger partial charge in [-0.05, 0) is 5.56 Å². The zero-order chi connectivity index (χ0) is 10.7. The van der Waals surface area contributed by atoms with Gasteiger partial charge in [0, 0.05) is 17.9 Å². The fraction of sp³-hybridized carbons (Fsp3) is 0.333. The molecule has 0 saturated heterocycles. The highest BCUT2D eigenvalue weighted by Gasteiger charge is 2.16. The van der Waals surface area contributed by atoms with E-state index in [2.05, 4.69) is 10.2 Å². The Bertz CT molecular complexity index is 408. The van der Waals surface area contributed by atoms with E-state index >= 15 is 0 Å². The molecule has 2 rings (SSSR count). The zero-order valence-corrected chi connectivity index (χ0v) is 8.68. The molecule has 0 spiro atoms. The third kappa shape index (κ3) is 2.33. The standard InChI is InChI=1S/C9H9N3O2S/c13-12(14)8-3-1-2-7(6-8)9-11-10-4-5-15-9/h1-3,6,9H,4-5H2. The molecule has 5 nitrogen and oxygen atoms in total. The Kier molecular flexibility index (Phi) is 2.96. The average molecular weight is 223 g/mol. The van der Waals surface area contributed by atoms with Crippen molar-refractivity contribution < 1.29 is 4.92 Å². The largest absolute Gasteiger partial charge is 0.269 e. The van der Waals surface area contributed by atoms with Gasteiger partial charge in [0.15, 0.2) is 0 Å². The van der Waals surface area contributed by atoms with E-state index in [0.29, 0.717) is 0 Å². The summed E-state index contributed by atoms with van der Waals surface area (Å²) >= 11 is 1.65. The van der Waals surface area contributed by atoms with Gasteiger partial charge in [-0.1, -0.05) is 12.1 Å². The number of thioether (sulfide) groups is 1. The van der Waals surface area contributed by atoms with Crippen molar-refractivity contribution in [2.45, 2.75) is 5.37 Å². The maximum atomic E-state index is 10.6. The first kappa shape index (κ1) is 10.1. The monoisotopic (exact) mass is 223 g/mol. The van der Waals surface area contributed by atoms with Crippen molar-refractivity contribution in [3.05, 3.63) is 39.9 Å². The van der Waals surface area contributed by atoms with Gasteiger partial charge >= 0.3 is 0 Å². The van der Waals surface area contributed by atoms with Gasteiger partial charge in [-0.25, -0.2) is 0 Å². The van der Waals surface area contributed by atoms with E-state index in [1.807, 2.05) is 6.07 Å². The summed E-state index contributed by atoms with van der Waals surface area (Å²) in [6.07, 6.45) is 0. The van der Waals surface area contributed by atoms with Gasteiger partial charge in [0.1, 0.15) is 5.37 Å². The number of nitrogens with zero attached hydrogens (tertiary/aromatic N) is 3. The second-order valence-electron chi connectivity index (χ2n) is 3.06. The topological polar surface area (TPSA) is 67.9 Å². The number of hydrogen-bond donors (Lipinski definition) is 0. The fourth-order valence-electron chi connectivity index (χ4n) is 1.33. The van der Waals surface area contributed by atoms with Gasteiger partial charge in [0.2, 0.25) is 0 Å².